The van der Waals surface area contributed by atoms with Crippen molar-refractivity contribution in [2.24, 2.45) is 0 Å². The van der Waals surface area contributed by atoms with E-state index in [-0.39, 0.29) is 35.0 Å². The van der Waals surface area contributed by atoms with Crippen molar-refractivity contribution in [3.8, 4) is 5.75 Å². The van der Waals surface area contributed by atoms with E-state index in [1.165, 1.54) is 50.5 Å². The Balaban J connectivity index is 1.88. The van der Waals surface area contributed by atoms with Crippen LogP contribution in [0, 0.1) is 10.1 Å². The molecule has 0 atom stereocenters. The molecule has 11 heteroatoms. The summed E-state index contributed by atoms with van der Waals surface area (Å²) in [7, 11) is -0.653. The van der Waals surface area contributed by atoms with Gasteiger partial charge in [-0.2, -0.15) is 0 Å². The lowest BCUT2D eigenvalue weighted by molar-refractivity contribution is -0.383. The van der Waals surface area contributed by atoms with E-state index >= 15 is 0 Å². The Kier molecular flexibility index (Phi) is 6.54. The molecule has 2 aromatic carbocycles. The van der Waals surface area contributed by atoms with E-state index in [1.54, 1.807) is 0 Å². The number of esters is 1. The first-order valence-electron chi connectivity index (χ1n) is 7.99. The number of nitro benzene ring substituents is 1. The average molecular weight is 409 g/mol. The zero-order chi connectivity index (χ0) is 20.9. The van der Waals surface area contributed by atoms with Gasteiger partial charge in [0.1, 0.15) is 24.7 Å². The summed E-state index contributed by atoms with van der Waals surface area (Å²) in [4.78, 5) is 22.2. The summed E-state index contributed by atoms with van der Waals surface area (Å²) >= 11 is 0. The van der Waals surface area contributed by atoms with Crippen molar-refractivity contribution in [2.75, 3.05) is 33.0 Å². The van der Waals surface area contributed by atoms with Gasteiger partial charge < -0.3 is 15.2 Å². The van der Waals surface area contributed by atoms with E-state index < -0.39 is 20.9 Å². The minimum absolute atomic E-state index is 0.000792. The topological polar surface area (TPSA) is 142 Å². The first-order chi connectivity index (χ1) is 13.1. The summed E-state index contributed by atoms with van der Waals surface area (Å²) in [5.41, 5.74) is 5.05. The van der Waals surface area contributed by atoms with Crippen molar-refractivity contribution in [1.29, 1.82) is 0 Å². The normalized spacial score (nSPS) is 11.2. The van der Waals surface area contributed by atoms with Crippen molar-refractivity contribution < 1.29 is 27.6 Å². The van der Waals surface area contributed by atoms with Gasteiger partial charge in [0.15, 0.2) is 0 Å². The third kappa shape index (κ3) is 4.96. The Hall–Kier alpha value is -3.18. The molecule has 10 nitrogen and oxygen atoms in total. The predicted molar refractivity (Wildman–Crippen MR) is 101 cm³/mol. The Morgan fingerprint density at radius 1 is 1.14 bits per heavy atom. The molecule has 0 fully saturated rings. The lowest BCUT2D eigenvalue weighted by Crippen LogP contribution is -2.22. The molecule has 2 N–H and O–H groups in total. The number of nitrogens with two attached hydrogens (primary N) is 1. The summed E-state index contributed by atoms with van der Waals surface area (Å²) in [6.07, 6.45) is 0. The SMILES string of the molecule is CN(C)S(=O)(=O)c1ccc(OCCOC(=O)c2ccc(N)c([N+](=O)[O-])c2)cc1. The maximum Gasteiger partial charge on any atom is 0.338 e. The van der Waals surface area contributed by atoms with Gasteiger partial charge in [-0.15, -0.1) is 0 Å². The van der Waals surface area contributed by atoms with Crippen LogP contribution < -0.4 is 10.5 Å². The van der Waals surface area contributed by atoms with Gasteiger partial charge in [0.05, 0.1) is 15.4 Å². The second kappa shape index (κ2) is 8.67. The van der Waals surface area contributed by atoms with Crippen LogP contribution in [0.4, 0.5) is 11.4 Å². The molecular weight excluding hydrogens is 390 g/mol. The van der Waals surface area contributed by atoms with E-state index in [9.17, 15) is 23.3 Å². The molecule has 0 aliphatic rings. The van der Waals surface area contributed by atoms with Crippen molar-refractivity contribution >= 4 is 27.4 Å². The van der Waals surface area contributed by atoms with Crippen LogP contribution in [-0.4, -0.2) is 50.9 Å². The van der Waals surface area contributed by atoms with Crippen LogP contribution in [0.25, 0.3) is 0 Å². The molecule has 0 spiro atoms. The number of nitrogens with zero attached hydrogens (tertiary/aromatic N) is 2. The minimum Gasteiger partial charge on any atom is -0.490 e. The highest BCUT2D eigenvalue weighted by atomic mass is 32.2. The summed E-state index contributed by atoms with van der Waals surface area (Å²) < 4.78 is 35.4. The molecule has 0 heterocycles. The van der Waals surface area contributed by atoms with Crippen LogP contribution in [0.15, 0.2) is 47.4 Å². The number of hydrogen-bond donors (Lipinski definition) is 1. The van der Waals surface area contributed by atoms with Crippen molar-refractivity contribution in [3.05, 3.63) is 58.1 Å². The van der Waals surface area contributed by atoms with Crippen LogP contribution in [0.1, 0.15) is 10.4 Å². The molecule has 0 bridgehead atoms. The standard InChI is InChI=1S/C17H19N3O7S/c1-19(2)28(24,25)14-6-4-13(5-7-14)26-9-10-27-17(21)12-3-8-15(18)16(11-12)20(22)23/h3-8,11H,9-10,18H2,1-2H3. The van der Waals surface area contributed by atoms with Gasteiger partial charge in [-0.05, 0) is 36.4 Å². The van der Waals surface area contributed by atoms with E-state index in [2.05, 4.69) is 0 Å². The second-order valence-electron chi connectivity index (χ2n) is 5.77. The first kappa shape index (κ1) is 21.1. The highest BCUT2D eigenvalue weighted by Gasteiger charge is 2.17. The van der Waals surface area contributed by atoms with Gasteiger partial charge >= 0.3 is 5.97 Å². The number of carbonyl (C=O) groups is 1. The summed E-state index contributed by atoms with van der Waals surface area (Å²) in [6.45, 7) is -0.0860. The van der Waals surface area contributed by atoms with Crippen molar-refractivity contribution in [3.63, 3.8) is 0 Å². The Morgan fingerprint density at radius 3 is 2.36 bits per heavy atom. The first-order valence-corrected chi connectivity index (χ1v) is 9.43. The average Bonchev–Trinajstić information content (AvgIpc) is 2.65. The summed E-state index contributed by atoms with van der Waals surface area (Å²) in [5, 5.41) is 10.9. The lowest BCUT2D eigenvalue weighted by Gasteiger charge is -2.12. The monoisotopic (exact) mass is 409 g/mol. The summed E-state index contributed by atoms with van der Waals surface area (Å²) in [6, 6.07) is 9.42. The molecule has 2 rings (SSSR count). The molecule has 2 aromatic rings. The van der Waals surface area contributed by atoms with Gasteiger partial charge in [-0.25, -0.2) is 17.5 Å². The molecule has 0 aliphatic heterocycles. The molecule has 0 aliphatic carbocycles. The van der Waals surface area contributed by atoms with E-state index in [0.717, 1.165) is 10.4 Å². The Bertz CT molecular complexity index is 973. The molecule has 28 heavy (non-hydrogen) atoms. The van der Waals surface area contributed by atoms with Crippen LogP contribution in [0.2, 0.25) is 0 Å². The maximum atomic E-state index is 12.0. The van der Waals surface area contributed by atoms with Gasteiger partial charge in [0.25, 0.3) is 5.69 Å². The molecule has 0 radical (unpaired) electrons. The van der Waals surface area contributed by atoms with Gasteiger partial charge in [-0.3, -0.25) is 10.1 Å². The van der Waals surface area contributed by atoms with Crippen molar-refractivity contribution in [2.45, 2.75) is 4.90 Å². The molecule has 0 amide bonds. The number of anilines is 1. The number of ether oxygens (including phenoxy) is 2. The minimum atomic E-state index is -3.52. The van der Waals surface area contributed by atoms with Crippen LogP contribution in [0.3, 0.4) is 0 Å². The van der Waals surface area contributed by atoms with E-state index in [4.69, 9.17) is 15.2 Å². The highest BCUT2D eigenvalue weighted by Crippen LogP contribution is 2.23. The molecule has 0 unspecified atom stereocenters. The van der Waals surface area contributed by atoms with E-state index in [1.807, 2.05) is 0 Å². The number of rotatable bonds is 8. The van der Waals surface area contributed by atoms with Gasteiger partial charge in [-0.1, -0.05) is 0 Å². The third-order valence-electron chi connectivity index (χ3n) is 3.65. The zero-order valence-corrected chi connectivity index (χ0v) is 16.0. The maximum absolute atomic E-state index is 12.0. The number of nitrogen functional groups attached to an aromatic ring is 1. The van der Waals surface area contributed by atoms with Crippen LogP contribution in [-0.2, 0) is 14.8 Å². The molecule has 0 aromatic heterocycles. The third-order valence-corrected chi connectivity index (χ3v) is 5.48. The largest absolute Gasteiger partial charge is 0.490 e. The fourth-order valence-corrected chi connectivity index (χ4v) is 3.03. The fourth-order valence-electron chi connectivity index (χ4n) is 2.12. The number of nitro groups is 1. The molecule has 0 saturated heterocycles. The van der Waals surface area contributed by atoms with Crippen molar-refractivity contribution in [1.82, 2.24) is 4.31 Å². The smallest absolute Gasteiger partial charge is 0.338 e. The van der Waals surface area contributed by atoms with Gasteiger partial charge in [0.2, 0.25) is 10.0 Å². The Labute approximate surface area is 161 Å². The summed E-state index contributed by atoms with van der Waals surface area (Å²) in [5.74, 6) is -0.351. The van der Waals surface area contributed by atoms with Crippen LogP contribution in [0.5, 0.6) is 5.75 Å². The number of hydrogen-bond acceptors (Lipinski definition) is 8. The van der Waals surface area contributed by atoms with E-state index in [0.29, 0.717) is 5.75 Å². The molecule has 0 saturated carbocycles. The number of benzene rings is 2. The van der Waals surface area contributed by atoms with Crippen LogP contribution >= 0.6 is 0 Å². The number of sulfonamides is 1. The molecular formula is C17H19N3O7S. The van der Waals surface area contributed by atoms with Gasteiger partial charge in [0, 0.05) is 20.2 Å². The quantitative estimate of drug-likeness (QED) is 0.228. The second-order valence-corrected chi connectivity index (χ2v) is 7.93. The molecule has 150 valence electrons. The lowest BCUT2D eigenvalue weighted by atomic mass is 10.2. The predicted octanol–water partition coefficient (Wildman–Crippen LogP) is 1.66. The Morgan fingerprint density at radius 2 is 1.79 bits per heavy atom. The highest BCUT2D eigenvalue weighted by molar-refractivity contribution is 7.89. The fraction of sp³-hybridized carbons (Fsp3) is 0.235. The zero-order valence-electron chi connectivity index (χ0n) is 15.2. The number of carbonyl (C=O) groups excluding carboxylic acids is 1.